The minimum absolute atomic E-state index is 0.132. The highest BCUT2D eigenvalue weighted by atomic mass is 16.2. The Morgan fingerprint density at radius 2 is 1.80 bits per heavy atom. The number of likely N-dealkylation sites (tertiary alicyclic amines) is 2. The van der Waals surface area contributed by atoms with Crippen molar-refractivity contribution in [3.63, 3.8) is 0 Å². The number of aromatic nitrogens is 3. The molecule has 158 valence electrons. The molecule has 0 saturated carbocycles. The van der Waals surface area contributed by atoms with Crippen LogP contribution in [0.15, 0.2) is 35.1 Å². The summed E-state index contributed by atoms with van der Waals surface area (Å²) in [5.74, 6) is 0.132. The van der Waals surface area contributed by atoms with Crippen LogP contribution in [0.5, 0.6) is 0 Å². The summed E-state index contributed by atoms with van der Waals surface area (Å²) in [6.07, 6.45) is 6.09. The largest absolute Gasteiger partial charge is 0.341 e. The van der Waals surface area contributed by atoms with Crippen LogP contribution in [0.2, 0.25) is 0 Å². The molecule has 0 spiro atoms. The fourth-order valence-electron chi connectivity index (χ4n) is 5.21. The molecule has 3 aromatic rings. The number of rotatable bonds is 3. The van der Waals surface area contributed by atoms with E-state index in [1.807, 2.05) is 45.3 Å². The molecule has 1 amide bonds. The van der Waals surface area contributed by atoms with Crippen molar-refractivity contribution < 1.29 is 4.79 Å². The summed E-state index contributed by atoms with van der Waals surface area (Å²) in [6, 6.07) is 10.00. The van der Waals surface area contributed by atoms with Crippen LogP contribution >= 0.6 is 0 Å². The van der Waals surface area contributed by atoms with Crippen molar-refractivity contribution in [2.75, 3.05) is 26.2 Å². The van der Waals surface area contributed by atoms with Gasteiger partial charge in [0.05, 0.1) is 5.52 Å². The number of hydrogen-bond acceptors (Lipinski definition) is 4. The zero-order valence-electron chi connectivity index (χ0n) is 17.6. The molecule has 0 aliphatic carbocycles. The topological polar surface area (TPSA) is 62.9 Å². The van der Waals surface area contributed by atoms with Crippen molar-refractivity contribution in [1.29, 1.82) is 0 Å². The van der Waals surface area contributed by atoms with E-state index < -0.39 is 0 Å². The molecule has 2 aliphatic heterocycles. The Bertz CT molecular complexity index is 1130. The zero-order valence-corrected chi connectivity index (χ0v) is 17.6. The van der Waals surface area contributed by atoms with E-state index in [9.17, 15) is 9.59 Å². The van der Waals surface area contributed by atoms with Crippen LogP contribution in [0.25, 0.3) is 16.6 Å². The smallest absolute Gasteiger partial charge is 0.273 e. The second kappa shape index (κ2) is 7.87. The summed E-state index contributed by atoms with van der Waals surface area (Å²) in [5, 5.41) is 0.898. The molecule has 0 bridgehead atoms. The predicted molar refractivity (Wildman–Crippen MR) is 117 cm³/mol. The third kappa shape index (κ3) is 3.41. The van der Waals surface area contributed by atoms with Gasteiger partial charge in [-0.3, -0.25) is 14.3 Å². The van der Waals surface area contributed by atoms with Crippen molar-refractivity contribution in [2.45, 2.75) is 51.6 Å². The number of carbonyl (C=O) groups excluding carboxylic acids is 1. The Kier molecular flexibility index (Phi) is 5.06. The minimum atomic E-state index is -0.249. The van der Waals surface area contributed by atoms with Gasteiger partial charge in [-0.1, -0.05) is 18.6 Å². The number of hydrogen-bond donors (Lipinski definition) is 0. The van der Waals surface area contributed by atoms with Gasteiger partial charge in [-0.25, -0.2) is 4.52 Å². The molecule has 2 saturated heterocycles. The lowest BCUT2D eigenvalue weighted by molar-refractivity contribution is -0.133. The highest BCUT2D eigenvalue weighted by Gasteiger charge is 2.28. The summed E-state index contributed by atoms with van der Waals surface area (Å²) in [4.78, 5) is 34.0. The van der Waals surface area contributed by atoms with E-state index in [0.717, 1.165) is 42.5 Å². The summed E-state index contributed by atoms with van der Waals surface area (Å²) >= 11 is 0. The summed E-state index contributed by atoms with van der Waals surface area (Å²) in [7, 11) is 0. The molecule has 0 radical (unpaired) electrons. The Labute approximate surface area is 175 Å². The van der Waals surface area contributed by atoms with Crippen LogP contribution in [0.4, 0.5) is 0 Å². The van der Waals surface area contributed by atoms with Crippen LogP contribution in [0, 0.1) is 6.92 Å². The molecular formula is C23H29N5O2. The third-order valence-electron chi connectivity index (χ3n) is 6.76. The Balaban J connectivity index is 1.38. The number of carbonyl (C=O) groups is 1. The molecule has 7 heteroatoms. The molecule has 1 aromatic carbocycles. The minimum Gasteiger partial charge on any atom is -0.341 e. The summed E-state index contributed by atoms with van der Waals surface area (Å²) in [6.45, 7) is 6.21. The number of piperidine rings is 2. The van der Waals surface area contributed by atoms with E-state index in [2.05, 4.69) is 9.88 Å². The Hall–Kier alpha value is -2.67. The van der Waals surface area contributed by atoms with Gasteiger partial charge in [0.15, 0.2) is 5.65 Å². The number of nitrogens with zero attached hydrogens (tertiary/aromatic N) is 5. The molecule has 0 atom stereocenters. The molecule has 4 heterocycles. The number of benzene rings is 1. The van der Waals surface area contributed by atoms with Gasteiger partial charge in [0, 0.05) is 36.3 Å². The van der Waals surface area contributed by atoms with Gasteiger partial charge in [-0.15, -0.1) is 0 Å². The van der Waals surface area contributed by atoms with Gasteiger partial charge in [0.25, 0.3) is 5.56 Å². The maximum absolute atomic E-state index is 13.2. The van der Waals surface area contributed by atoms with E-state index in [1.54, 1.807) is 0 Å². The predicted octanol–water partition coefficient (Wildman–Crippen LogP) is 2.43. The first-order chi connectivity index (χ1) is 14.6. The maximum atomic E-state index is 13.2. The van der Waals surface area contributed by atoms with Crippen molar-refractivity contribution >= 4 is 22.5 Å². The molecule has 7 nitrogen and oxygen atoms in total. The van der Waals surface area contributed by atoms with Crippen LogP contribution in [-0.4, -0.2) is 62.1 Å². The molecule has 5 rings (SSSR count). The average molecular weight is 408 g/mol. The van der Waals surface area contributed by atoms with Crippen molar-refractivity contribution in [1.82, 2.24) is 24.0 Å². The van der Waals surface area contributed by atoms with Gasteiger partial charge >= 0.3 is 0 Å². The number of para-hydroxylation sites is 1. The first-order valence-electron chi connectivity index (χ1n) is 11.1. The SMILES string of the molecule is Cc1cc(=O)nc2c3ccccc3n(CC(=O)N3CCC(N4CCCCC4)CC3)n12. The zero-order chi connectivity index (χ0) is 20.7. The van der Waals surface area contributed by atoms with E-state index in [-0.39, 0.29) is 18.0 Å². The third-order valence-corrected chi connectivity index (χ3v) is 6.76. The summed E-state index contributed by atoms with van der Waals surface area (Å²) in [5.41, 5.74) is 2.08. The van der Waals surface area contributed by atoms with Crippen molar-refractivity contribution in [3.8, 4) is 0 Å². The van der Waals surface area contributed by atoms with Gasteiger partial charge in [0.2, 0.25) is 5.91 Å². The van der Waals surface area contributed by atoms with Crippen LogP contribution < -0.4 is 5.56 Å². The molecule has 0 N–H and O–H groups in total. The highest BCUT2D eigenvalue weighted by molar-refractivity contribution is 5.93. The molecule has 2 aromatic heterocycles. The summed E-state index contributed by atoms with van der Waals surface area (Å²) < 4.78 is 3.87. The normalized spacial score (nSPS) is 19.0. The first-order valence-corrected chi connectivity index (χ1v) is 11.1. The van der Waals surface area contributed by atoms with Crippen molar-refractivity contribution in [2.24, 2.45) is 0 Å². The number of aryl methyl sites for hydroxylation is 1. The van der Waals surface area contributed by atoms with Crippen molar-refractivity contribution in [3.05, 3.63) is 46.4 Å². The Morgan fingerprint density at radius 1 is 1.07 bits per heavy atom. The quantitative estimate of drug-likeness (QED) is 0.669. The second-order valence-electron chi connectivity index (χ2n) is 8.65. The van der Waals surface area contributed by atoms with E-state index in [1.165, 1.54) is 38.4 Å². The lowest BCUT2D eigenvalue weighted by Gasteiger charge is -2.40. The second-order valence-corrected chi connectivity index (χ2v) is 8.65. The average Bonchev–Trinajstić information content (AvgIpc) is 3.08. The highest BCUT2D eigenvalue weighted by Crippen LogP contribution is 2.23. The van der Waals surface area contributed by atoms with E-state index >= 15 is 0 Å². The van der Waals surface area contributed by atoms with Gasteiger partial charge in [0.1, 0.15) is 6.54 Å². The molecule has 0 unspecified atom stereocenters. The van der Waals surface area contributed by atoms with Gasteiger partial charge < -0.3 is 9.80 Å². The lowest BCUT2D eigenvalue weighted by atomic mass is 10.00. The fraction of sp³-hybridized carbons (Fsp3) is 0.522. The van der Waals surface area contributed by atoms with Gasteiger partial charge in [-0.05, 0) is 57.8 Å². The van der Waals surface area contributed by atoms with Crippen LogP contribution in [-0.2, 0) is 11.3 Å². The standard InChI is InChI=1S/C23H29N5O2/c1-17-15-21(29)24-23-19-7-3-4-8-20(19)27(28(17)23)16-22(30)26-13-9-18(10-14-26)25-11-5-2-6-12-25/h3-4,7-8,15,18H,2,5-6,9-14,16H2,1H3. The monoisotopic (exact) mass is 407 g/mol. The fourth-order valence-corrected chi connectivity index (χ4v) is 5.21. The molecular weight excluding hydrogens is 378 g/mol. The maximum Gasteiger partial charge on any atom is 0.273 e. The Morgan fingerprint density at radius 3 is 2.57 bits per heavy atom. The van der Waals surface area contributed by atoms with E-state index in [0.29, 0.717) is 11.7 Å². The lowest BCUT2D eigenvalue weighted by Crippen LogP contribution is -2.48. The molecule has 30 heavy (non-hydrogen) atoms. The van der Waals surface area contributed by atoms with Gasteiger partial charge in [-0.2, -0.15) is 4.98 Å². The number of fused-ring (bicyclic) bond motifs is 3. The van der Waals surface area contributed by atoms with Crippen LogP contribution in [0.3, 0.4) is 0 Å². The molecule has 2 aliphatic rings. The van der Waals surface area contributed by atoms with E-state index in [4.69, 9.17) is 0 Å². The van der Waals surface area contributed by atoms with Crippen LogP contribution in [0.1, 0.15) is 37.8 Å². The first kappa shape index (κ1) is 19.3. The number of amides is 1. The molecule has 2 fully saturated rings.